The maximum Gasteiger partial charge on any atom is 0.410 e. The van der Waals surface area contributed by atoms with Crippen molar-refractivity contribution in [2.75, 3.05) is 25.0 Å². The lowest BCUT2D eigenvalue weighted by atomic mass is 10.3. The van der Waals surface area contributed by atoms with Gasteiger partial charge in [0.2, 0.25) is 5.91 Å². The summed E-state index contributed by atoms with van der Waals surface area (Å²) in [6, 6.07) is 7.32. The first-order valence-corrected chi connectivity index (χ1v) is 6.42. The van der Waals surface area contributed by atoms with Crippen LogP contribution in [0.5, 0.6) is 0 Å². The van der Waals surface area contributed by atoms with E-state index in [1.54, 1.807) is 6.07 Å². The molecule has 1 saturated heterocycles. The summed E-state index contributed by atoms with van der Waals surface area (Å²) in [4.78, 5) is 24.6. The maximum atomic E-state index is 11.8. The summed E-state index contributed by atoms with van der Waals surface area (Å²) in [5.41, 5.74) is 0.688. The molecule has 96 valence electrons. The zero-order chi connectivity index (χ0) is 13.0. The normalized spacial score (nSPS) is 15.2. The molecule has 1 fully saturated rings. The van der Waals surface area contributed by atoms with Crippen LogP contribution in [-0.2, 0) is 9.53 Å². The van der Waals surface area contributed by atoms with E-state index in [1.807, 2.05) is 18.2 Å². The molecule has 0 bridgehead atoms. The van der Waals surface area contributed by atoms with Crippen molar-refractivity contribution in [3.8, 4) is 0 Å². The monoisotopic (exact) mass is 312 g/mol. The van der Waals surface area contributed by atoms with Gasteiger partial charge in [0.25, 0.3) is 0 Å². The summed E-state index contributed by atoms with van der Waals surface area (Å²) < 4.78 is 5.67. The minimum absolute atomic E-state index is 0.0141. The van der Waals surface area contributed by atoms with Gasteiger partial charge in [-0.1, -0.05) is 12.1 Å². The van der Waals surface area contributed by atoms with E-state index in [0.717, 1.165) is 10.9 Å². The Labute approximate surface area is 113 Å². The molecule has 2 amide bonds. The third-order valence-corrected chi connectivity index (χ3v) is 3.23. The van der Waals surface area contributed by atoms with Gasteiger partial charge in [-0.15, -0.1) is 0 Å². The molecule has 1 heterocycles. The summed E-state index contributed by atoms with van der Waals surface area (Å²) in [5, 5.41) is 2.74. The van der Waals surface area contributed by atoms with Crippen LogP contribution in [0.25, 0.3) is 0 Å². The molecule has 0 atom stereocenters. The minimum Gasteiger partial charge on any atom is -0.449 e. The summed E-state index contributed by atoms with van der Waals surface area (Å²) in [6.07, 6.45) is 0.331. The highest BCUT2D eigenvalue weighted by atomic mass is 79.9. The van der Waals surface area contributed by atoms with Gasteiger partial charge in [-0.3, -0.25) is 9.69 Å². The molecule has 18 heavy (non-hydrogen) atoms. The smallest absolute Gasteiger partial charge is 0.410 e. The molecule has 0 aromatic heterocycles. The van der Waals surface area contributed by atoms with Crippen LogP contribution in [-0.4, -0.2) is 36.6 Å². The molecule has 0 radical (unpaired) electrons. The van der Waals surface area contributed by atoms with Gasteiger partial charge in [0, 0.05) is 11.0 Å². The molecular weight excluding hydrogens is 300 g/mol. The molecule has 6 heteroatoms. The van der Waals surface area contributed by atoms with E-state index in [-0.39, 0.29) is 12.5 Å². The first kappa shape index (κ1) is 12.9. The van der Waals surface area contributed by atoms with E-state index in [9.17, 15) is 9.59 Å². The van der Waals surface area contributed by atoms with Crippen LogP contribution in [0.2, 0.25) is 0 Å². The third kappa shape index (κ3) is 3.22. The van der Waals surface area contributed by atoms with Crippen molar-refractivity contribution in [1.82, 2.24) is 4.90 Å². The molecule has 5 nitrogen and oxygen atoms in total. The molecule has 0 saturated carbocycles. The Kier molecular flexibility index (Phi) is 4.19. The van der Waals surface area contributed by atoms with E-state index in [1.165, 1.54) is 4.90 Å². The second-order valence-corrected chi connectivity index (χ2v) is 4.77. The Hall–Kier alpha value is -1.56. The predicted octanol–water partition coefficient (Wildman–Crippen LogP) is 2.23. The van der Waals surface area contributed by atoms with E-state index >= 15 is 0 Å². The fourth-order valence-electron chi connectivity index (χ4n) is 1.67. The number of benzene rings is 1. The average molecular weight is 313 g/mol. The summed E-state index contributed by atoms with van der Waals surface area (Å²) in [5.74, 6) is -0.235. The molecule has 0 unspecified atom stereocenters. The first-order valence-electron chi connectivity index (χ1n) is 5.63. The Morgan fingerprint density at radius 1 is 1.44 bits per heavy atom. The van der Waals surface area contributed by atoms with Crippen molar-refractivity contribution in [3.05, 3.63) is 28.7 Å². The molecule has 1 aliphatic rings. The van der Waals surface area contributed by atoms with Gasteiger partial charge in [0.1, 0.15) is 6.54 Å². The molecule has 1 aromatic rings. The van der Waals surface area contributed by atoms with Gasteiger partial charge in [0.15, 0.2) is 0 Å². The molecule has 1 N–H and O–H groups in total. The second-order valence-electron chi connectivity index (χ2n) is 3.92. The van der Waals surface area contributed by atoms with Gasteiger partial charge >= 0.3 is 6.09 Å². The lowest BCUT2D eigenvalue weighted by Gasteiger charge is -2.25. The molecule has 1 aromatic carbocycles. The molecular formula is C12H13BrN2O3. The third-order valence-electron chi connectivity index (χ3n) is 2.54. The maximum absolute atomic E-state index is 11.8. The van der Waals surface area contributed by atoms with Crippen molar-refractivity contribution >= 4 is 33.6 Å². The zero-order valence-corrected chi connectivity index (χ0v) is 11.3. The van der Waals surface area contributed by atoms with E-state index in [2.05, 4.69) is 21.2 Å². The van der Waals surface area contributed by atoms with Gasteiger partial charge in [-0.05, 0) is 34.5 Å². The fraction of sp³-hybridized carbons (Fsp3) is 0.333. The number of para-hydroxylation sites is 1. The quantitative estimate of drug-likeness (QED) is 0.931. The van der Waals surface area contributed by atoms with Crippen LogP contribution in [0, 0.1) is 0 Å². The number of nitrogens with one attached hydrogen (secondary N) is 1. The fourth-order valence-corrected chi connectivity index (χ4v) is 2.05. The second kappa shape index (κ2) is 5.86. The summed E-state index contributed by atoms with van der Waals surface area (Å²) >= 11 is 3.34. The van der Waals surface area contributed by atoms with Crippen LogP contribution in [0.3, 0.4) is 0 Å². The van der Waals surface area contributed by atoms with Crippen LogP contribution in [0.4, 0.5) is 10.5 Å². The topological polar surface area (TPSA) is 58.6 Å². The number of hydrogen-bond donors (Lipinski definition) is 1. The van der Waals surface area contributed by atoms with Crippen LogP contribution in [0.15, 0.2) is 28.7 Å². The molecule has 2 rings (SSSR count). The van der Waals surface area contributed by atoms with Crippen LogP contribution >= 0.6 is 15.9 Å². The lowest BCUT2D eigenvalue weighted by Crippen LogP contribution is -2.42. The molecule has 1 aliphatic heterocycles. The number of carbonyl (C=O) groups excluding carboxylic acids is 2. The van der Waals surface area contributed by atoms with Gasteiger partial charge in [-0.2, -0.15) is 0 Å². The van der Waals surface area contributed by atoms with Gasteiger partial charge in [-0.25, -0.2) is 4.79 Å². The van der Waals surface area contributed by atoms with Crippen molar-refractivity contribution < 1.29 is 14.3 Å². The Morgan fingerprint density at radius 3 is 2.94 bits per heavy atom. The highest BCUT2D eigenvalue weighted by Crippen LogP contribution is 2.21. The Balaban J connectivity index is 1.92. The molecule has 0 aliphatic carbocycles. The molecule has 0 spiro atoms. The number of rotatable bonds is 3. The number of nitrogens with zero attached hydrogens (tertiary/aromatic N) is 1. The zero-order valence-electron chi connectivity index (χ0n) is 9.69. The van der Waals surface area contributed by atoms with Gasteiger partial charge < -0.3 is 10.1 Å². The van der Waals surface area contributed by atoms with Crippen molar-refractivity contribution in [2.45, 2.75) is 6.42 Å². The minimum atomic E-state index is -0.427. The standard InChI is InChI=1S/C12H13BrN2O3/c13-9-4-1-2-5-10(9)14-11(16)8-15-6-3-7-18-12(15)17/h1-2,4-5H,3,6-8H2,(H,14,16). The average Bonchev–Trinajstić information content (AvgIpc) is 2.35. The number of amides is 2. The van der Waals surface area contributed by atoms with Crippen LogP contribution < -0.4 is 5.32 Å². The van der Waals surface area contributed by atoms with E-state index in [0.29, 0.717) is 18.8 Å². The number of halogens is 1. The SMILES string of the molecule is O=C(CN1CCCOC1=O)Nc1ccccc1Br. The highest BCUT2D eigenvalue weighted by molar-refractivity contribution is 9.10. The van der Waals surface area contributed by atoms with Crippen molar-refractivity contribution in [1.29, 1.82) is 0 Å². The van der Waals surface area contributed by atoms with E-state index in [4.69, 9.17) is 4.74 Å². The first-order chi connectivity index (χ1) is 8.66. The summed E-state index contributed by atoms with van der Waals surface area (Å²) in [6.45, 7) is 1.00. The van der Waals surface area contributed by atoms with Crippen molar-refractivity contribution in [2.24, 2.45) is 0 Å². The number of hydrogen-bond acceptors (Lipinski definition) is 3. The van der Waals surface area contributed by atoms with Crippen molar-refractivity contribution in [3.63, 3.8) is 0 Å². The van der Waals surface area contributed by atoms with Crippen LogP contribution in [0.1, 0.15) is 6.42 Å². The largest absolute Gasteiger partial charge is 0.449 e. The highest BCUT2D eigenvalue weighted by Gasteiger charge is 2.22. The summed E-state index contributed by atoms with van der Waals surface area (Å²) in [7, 11) is 0. The number of anilines is 1. The van der Waals surface area contributed by atoms with E-state index < -0.39 is 6.09 Å². The Bertz CT molecular complexity index is 464. The number of carbonyl (C=O) groups is 2. The number of ether oxygens (including phenoxy) is 1. The lowest BCUT2D eigenvalue weighted by molar-refractivity contribution is -0.117. The predicted molar refractivity (Wildman–Crippen MR) is 70.3 cm³/mol. The number of cyclic esters (lactones) is 1. The van der Waals surface area contributed by atoms with Gasteiger partial charge in [0.05, 0.1) is 12.3 Å². The Morgan fingerprint density at radius 2 is 2.22 bits per heavy atom.